The molecule has 9 nitrogen and oxygen atoms in total. The summed E-state index contributed by atoms with van der Waals surface area (Å²) in [5.41, 5.74) is 0.0547. The molecule has 0 saturated heterocycles. The van der Waals surface area contributed by atoms with Gasteiger partial charge in [-0.3, -0.25) is 14.9 Å². The van der Waals surface area contributed by atoms with Crippen molar-refractivity contribution in [2.75, 3.05) is 17.2 Å². The molecule has 0 aliphatic carbocycles. The number of primary sulfonamides is 1. The quantitative estimate of drug-likeness (QED) is 0.452. The normalized spacial score (nSPS) is 11.1. The topological polar surface area (TPSA) is 144 Å². The Kier molecular flexibility index (Phi) is 6.60. The monoisotopic (exact) mass is 432 g/mol. The zero-order valence-corrected chi connectivity index (χ0v) is 15.9. The Hall–Kier alpha value is -2.40. The first-order valence-electron chi connectivity index (χ1n) is 7.38. The maximum Gasteiger partial charge on any atom is 0.293 e. The molecule has 0 bridgehead atoms. The Labute approximate surface area is 164 Å². The number of amides is 1. The number of hydrogen-bond acceptors (Lipinski definition) is 6. The van der Waals surface area contributed by atoms with E-state index in [1.807, 2.05) is 0 Å². The first-order valence-corrected chi connectivity index (χ1v) is 9.68. The number of sulfonamides is 1. The van der Waals surface area contributed by atoms with E-state index in [-0.39, 0.29) is 34.5 Å². The van der Waals surface area contributed by atoms with Crippen molar-refractivity contribution < 1.29 is 18.1 Å². The number of nitrogens with one attached hydrogen (secondary N) is 2. The predicted molar refractivity (Wildman–Crippen MR) is 103 cm³/mol. The summed E-state index contributed by atoms with van der Waals surface area (Å²) in [5.74, 6) is -0.357. The molecule has 0 aromatic heterocycles. The van der Waals surface area contributed by atoms with Crippen molar-refractivity contribution in [1.29, 1.82) is 0 Å². The number of rotatable bonds is 7. The van der Waals surface area contributed by atoms with Gasteiger partial charge in [-0.05, 0) is 30.3 Å². The molecule has 0 spiro atoms. The summed E-state index contributed by atoms with van der Waals surface area (Å²) < 4.78 is 22.6. The number of carbonyl (C=O) groups excluding carboxylic acids is 1. The molecule has 2 rings (SSSR count). The zero-order chi connectivity index (χ0) is 20.2. The van der Waals surface area contributed by atoms with Gasteiger partial charge in [0, 0.05) is 24.7 Å². The van der Waals surface area contributed by atoms with Crippen molar-refractivity contribution in [3.63, 3.8) is 0 Å². The smallest absolute Gasteiger partial charge is 0.293 e. The van der Waals surface area contributed by atoms with Crippen molar-refractivity contribution in [3.05, 3.63) is 56.6 Å². The first-order chi connectivity index (χ1) is 12.6. The third-order valence-electron chi connectivity index (χ3n) is 3.37. The van der Waals surface area contributed by atoms with Gasteiger partial charge < -0.3 is 10.6 Å². The molecule has 144 valence electrons. The summed E-state index contributed by atoms with van der Waals surface area (Å²) in [6.45, 7) is 0.0721. The van der Waals surface area contributed by atoms with Gasteiger partial charge in [-0.25, -0.2) is 13.6 Å². The van der Waals surface area contributed by atoms with Gasteiger partial charge in [-0.2, -0.15) is 0 Å². The second-order valence-corrected chi connectivity index (χ2v) is 7.71. The van der Waals surface area contributed by atoms with Gasteiger partial charge in [0.1, 0.15) is 5.69 Å². The van der Waals surface area contributed by atoms with Crippen LogP contribution in [0.25, 0.3) is 0 Å². The van der Waals surface area contributed by atoms with Crippen LogP contribution in [0.2, 0.25) is 10.0 Å². The SMILES string of the molecule is NS(=O)(=O)c1ccc(NCCC(=O)Nc2ccc(Cl)c(Cl)c2)c([N+](=O)[O-])c1. The highest BCUT2D eigenvalue weighted by Crippen LogP contribution is 2.27. The molecular formula is C15H14Cl2N4O5S. The number of benzene rings is 2. The lowest BCUT2D eigenvalue weighted by Crippen LogP contribution is -2.17. The highest BCUT2D eigenvalue weighted by Gasteiger charge is 2.19. The van der Waals surface area contributed by atoms with Gasteiger partial charge in [0.05, 0.1) is 19.9 Å². The first kappa shape index (κ1) is 20.9. The Morgan fingerprint density at radius 2 is 1.85 bits per heavy atom. The lowest BCUT2D eigenvalue weighted by atomic mass is 10.2. The zero-order valence-electron chi connectivity index (χ0n) is 13.6. The van der Waals surface area contributed by atoms with E-state index in [1.165, 1.54) is 18.2 Å². The molecule has 12 heteroatoms. The molecule has 0 fully saturated rings. The van der Waals surface area contributed by atoms with Gasteiger partial charge in [0.15, 0.2) is 0 Å². The van der Waals surface area contributed by atoms with E-state index in [4.69, 9.17) is 28.3 Å². The summed E-state index contributed by atoms with van der Waals surface area (Å²) in [4.78, 5) is 22.0. The molecule has 0 saturated carbocycles. The van der Waals surface area contributed by atoms with Gasteiger partial charge >= 0.3 is 0 Å². The van der Waals surface area contributed by atoms with Crippen LogP contribution in [0.3, 0.4) is 0 Å². The fourth-order valence-electron chi connectivity index (χ4n) is 2.10. The third kappa shape index (κ3) is 5.79. The maximum atomic E-state index is 11.9. The van der Waals surface area contributed by atoms with E-state index >= 15 is 0 Å². The van der Waals surface area contributed by atoms with Crippen molar-refractivity contribution in [2.45, 2.75) is 11.3 Å². The standard InChI is InChI=1S/C15H14Cl2N4O5S/c16-11-3-1-9(7-12(11)17)20-15(22)5-6-19-13-4-2-10(27(18,25)26)8-14(13)21(23)24/h1-4,7-8,19H,5-6H2,(H,20,22)(H2,18,25,26). The second kappa shape index (κ2) is 8.53. The van der Waals surface area contributed by atoms with E-state index in [2.05, 4.69) is 10.6 Å². The number of hydrogen-bond donors (Lipinski definition) is 3. The molecule has 0 aliphatic heterocycles. The molecule has 27 heavy (non-hydrogen) atoms. The van der Waals surface area contributed by atoms with E-state index in [9.17, 15) is 23.3 Å². The summed E-state index contributed by atoms with van der Waals surface area (Å²) >= 11 is 11.7. The Balaban J connectivity index is 2.00. The van der Waals surface area contributed by atoms with Crippen LogP contribution in [0.1, 0.15) is 6.42 Å². The average molecular weight is 433 g/mol. The molecule has 0 aliphatic rings. The average Bonchev–Trinajstić information content (AvgIpc) is 2.57. The van der Waals surface area contributed by atoms with Crippen LogP contribution in [0.5, 0.6) is 0 Å². The number of nitro benzene ring substituents is 1. The van der Waals surface area contributed by atoms with Crippen molar-refractivity contribution in [2.24, 2.45) is 5.14 Å². The minimum absolute atomic E-state index is 0.00562. The fourth-order valence-corrected chi connectivity index (χ4v) is 2.93. The fraction of sp³-hybridized carbons (Fsp3) is 0.133. The van der Waals surface area contributed by atoms with Crippen molar-refractivity contribution >= 4 is 56.2 Å². The minimum atomic E-state index is -4.07. The second-order valence-electron chi connectivity index (χ2n) is 5.33. The largest absolute Gasteiger partial charge is 0.379 e. The number of nitrogens with zero attached hydrogens (tertiary/aromatic N) is 1. The molecule has 2 aromatic carbocycles. The summed E-state index contributed by atoms with van der Waals surface area (Å²) in [6.07, 6.45) is -0.00562. The van der Waals surface area contributed by atoms with E-state index in [0.29, 0.717) is 10.7 Å². The van der Waals surface area contributed by atoms with Gasteiger partial charge in [-0.15, -0.1) is 0 Å². The van der Waals surface area contributed by atoms with Crippen LogP contribution in [0, 0.1) is 10.1 Å². The Morgan fingerprint density at radius 3 is 2.44 bits per heavy atom. The lowest BCUT2D eigenvalue weighted by molar-refractivity contribution is -0.384. The van der Waals surface area contributed by atoms with Crippen molar-refractivity contribution in [1.82, 2.24) is 0 Å². The van der Waals surface area contributed by atoms with Crippen LogP contribution < -0.4 is 15.8 Å². The summed E-state index contributed by atoms with van der Waals surface area (Å²) in [7, 11) is -4.07. The van der Waals surface area contributed by atoms with E-state index in [0.717, 1.165) is 12.1 Å². The Bertz CT molecular complexity index is 998. The number of anilines is 2. The molecule has 0 atom stereocenters. The highest BCUT2D eigenvalue weighted by atomic mass is 35.5. The van der Waals surface area contributed by atoms with Gasteiger partial charge in [0.2, 0.25) is 15.9 Å². The van der Waals surface area contributed by atoms with Crippen LogP contribution in [0.4, 0.5) is 17.1 Å². The van der Waals surface area contributed by atoms with Gasteiger partial charge in [0.25, 0.3) is 5.69 Å². The van der Waals surface area contributed by atoms with Crippen LogP contribution in [-0.4, -0.2) is 25.8 Å². The Morgan fingerprint density at radius 1 is 1.15 bits per heavy atom. The highest BCUT2D eigenvalue weighted by molar-refractivity contribution is 7.89. The molecule has 4 N–H and O–H groups in total. The lowest BCUT2D eigenvalue weighted by Gasteiger charge is -2.09. The third-order valence-corrected chi connectivity index (χ3v) is 5.02. The number of nitrogens with two attached hydrogens (primary N) is 1. The summed E-state index contributed by atoms with van der Waals surface area (Å²) in [5, 5.41) is 22.1. The van der Waals surface area contributed by atoms with Gasteiger partial charge in [-0.1, -0.05) is 23.2 Å². The molecule has 0 unspecified atom stereocenters. The maximum absolute atomic E-state index is 11.9. The predicted octanol–water partition coefficient (Wildman–Crippen LogP) is 2.99. The summed E-state index contributed by atoms with van der Waals surface area (Å²) in [6, 6.07) is 7.82. The molecule has 0 heterocycles. The molecule has 0 radical (unpaired) electrons. The molecule has 1 amide bonds. The van der Waals surface area contributed by atoms with Crippen LogP contribution >= 0.6 is 23.2 Å². The molecule has 2 aromatic rings. The van der Waals surface area contributed by atoms with E-state index in [1.54, 1.807) is 6.07 Å². The minimum Gasteiger partial charge on any atom is -0.379 e. The van der Waals surface area contributed by atoms with Crippen molar-refractivity contribution in [3.8, 4) is 0 Å². The number of carbonyl (C=O) groups is 1. The molecular weight excluding hydrogens is 419 g/mol. The van der Waals surface area contributed by atoms with Crippen LogP contribution in [0.15, 0.2) is 41.3 Å². The number of nitro groups is 1. The van der Waals surface area contributed by atoms with E-state index < -0.39 is 20.6 Å². The van der Waals surface area contributed by atoms with Crippen LogP contribution in [-0.2, 0) is 14.8 Å². The number of halogens is 2.